The molecule has 32 heavy (non-hydrogen) atoms. The van der Waals surface area contributed by atoms with Gasteiger partial charge in [0.15, 0.2) is 0 Å². The zero-order valence-corrected chi connectivity index (χ0v) is 18.6. The smallest absolute Gasteiger partial charge is 0.317 e. The van der Waals surface area contributed by atoms with E-state index in [4.69, 9.17) is 4.98 Å². The molecule has 0 bridgehead atoms. The third-order valence-electron chi connectivity index (χ3n) is 6.70. The predicted octanol–water partition coefficient (Wildman–Crippen LogP) is 4.11. The van der Waals surface area contributed by atoms with Crippen molar-refractivity contribution >= 4 is 6.03 Å². The minimum absolute atomic E-state index is 0.0175. The van der Waals surface area contributed by atoms with Crippen LogP contribution in [0.25, 0.3) is 0 Å². The van der Waals surface area contributed by atoms with Gasteiger partial charge in [-0.3, -0.25) is 9.88 Å². The molecule has 1 unspecified atom stereocenters. The average molecular weight is 427 g/mol. The number of nitrogens with zero attached hydrogens (tertiary/aromatic N) is 3. The fraction of sp³-hybridized carbons (Fsp3) is 0.333. The summed E-state index contributed by atoms with van der Waals surface area (Å²) >= 11 is 0. The van der Waals surface area contributed by atoms with Crippen LogP contribution in [0.4, 0.5) is 4.79 Å². The summed E-state index contributed by atoms with van der Waals surface area (Å²) < 4.78 is 0. The zero-order valence-electron chi connectivity index (χ0n) is 18.6. The van der Waals surface area contributed by atoms with E-state index in [1.165, 1.54) is 27.9 Å². The van der Waals surface area contributed by atoms with E-state index in [0.29, 0.717) is 6.54 Å². The van der Waals surface area contributed by atoms with Gasteiger partial charge in [0.1, 0.15) is 0 Å². The first-order chi connectivity index (χ1) is 15.7. The van der Waals surface area contributed by atoms with E-state index in [0.717, 1.165) is 44.6 Å². The summed E-state index contributed by atoms with van der Waals surface area (Å²) in [5, 5.41) is 3.07. The zero-order chi connectivity index (χ0) is 21.9. The first-order valence-electron chi connectivity index (χ1n) is 11.5. The van der Waals surface area contributed by atoms with Crippen LogP contribution in [0, 0.1) is 6.92 Å². The number of aryl methyl sites for hydroxylation is 3. The summed E-state index contributed by atoms with van der Waals surface area (Å²) in [5.41, 5.74) is 7.74. The molecule has 0 radical (unpaired) electrons. The molecule has 2 aliphatic rings. The lowest BCUT2D eigenvalue weighted by atomic mass is 9.94. The summed E-state index contributed by atoms with van der Waals surface area (Å²) in [4.78, 5) is 22.0. The van der Waals surface area contributed by atoms with Crippen LogP contribution in [0.3, 0.4) is 0 Å². The Morgan fingerprint density at radius 1 is 0.969 bits per heavy atom. The van der Waals surface area contributed by atoms with E-state index < -0.39 is 0 Å². The van der Waals surface area contributed by atoms with Crippen LogP contribution < -0.4 is 5.32 Å². The Labute approximate surface area is 190 Å². The lowest BCUT2D eigenvalue weighted by Gasteiger charge is -2.39. The highest BCUT2D eigenvalue weighted by atomic mass is 16.2. The SMILES string of the molecule is Cc1ccc2c(c1)CCc1cccnc1C2N1CCN(C(=O)NCc2ccccc2)CC1. The van der Waals surface area contributed by atoms with Gasteiger partial charge in [0.05, 0.1) is 11.7 Å². The number of piperazine rings is 1. The molecule has 1 fully saturated rings. The maximum Gasteiger partial charge on any atom is 0.317 e. The van der Waals surface area contributed by atoms with E-state index in [-0.39, 0.29) is 12.1 Å². The topological polar surface area (TPSA) is 48.5 Å². The molecule has 2 heterocycles. The molecule has 5 rings (SSSR count). The lowest BCUT2D eigenvalue weighted by molar-refractivity contribution is 0.118. The number of rotatable bonds is 3. The van der Waals surface area contributed by atoms with Gasteiger partial charge in [0.25, 0.3) is 0 Å². The molecule has 164 valence electrons. The second-order valence-corrected chi connectivity index (χ2v) is 8.82. The Bertz CT molecular complexity index is 1090. The van der Waals surface area contributed by atoms with Crippen LogP contribution in [0.2, 0.25) is 0 Å². The maximum absolute atomic E-state index is 12.7. The lowest BCUT2D eigenvalue weighted by Crippen LogP contribution is -2.52. The molecular formula is C27H30N4O. The van der Waals surface area contributed by atoms with Crippen LogP contribution in [0.15, 0.2) is 66.9 Å². The monoisotopic (exact) mass is 426 g/mol. The molecule has 3 aromatic rings. The number of hydrogen-bond donors (Lipinski definition) is 1. The Morgan fingerprint density at radius 2 is 1.75 bits per heavy atom. The van der Waals surface area contributed by atoms with Gasteiger partial charge in [-0.15, -0.1) is 0 Å². The number of amides is 2. The highest BCUT2D eigenvalue weighted by Crippen LogP contribution is 2.36. The fourth-order valence-corrected chi connectivity index (χ4v) is 4.98. The van der Waals surface area contributed by atoms with E-state index in [9.17, 15) is 4.79 Å². The molecule has 1 aliphatic heterocycles. The Balaban J connectivity index is 1.31. The quantitative estimate of drug-likeness (QED) is 0.686. The van der Waals surface area contributed by atoms with Gasteiger partial charge < -0.3 is 10.2 Å². The molecule has 2 aromatic carbocycles. The summed E-state index contributed by atoms with van der Waals surface area (Å²) in [6.45, 7) is 5.85. The second-order valence-electron chi connectivity index (χ2n) is 8.82. The summed E-state index contributed by atoms with van der Waals surface area (Å²) in [5.74, 6) is 0. The number of aromatic nitrogens is 1. The van der Waals surface area contributed by atoms with Crippen LogP contribution in [-0.2, 0) is 19.4 Å². The van der Waals surface area contributed by atoms with Crippen molar-refractivity contribution in [3.63, 3.8) is 0 Å². The first-order valence-corrected chi connectivity index (χ1v) is 11.5. The number of urea groups is 1. The normalized spacial score (nSPS) is 18.4. The third kappa shape index (κ3) is 4.26. The number of carbonyl (C=O) groups excluding carboxylic acids is 1. The number of carbonyl (C=O) groups is 1. The van der Waals surface area contributed by atoms with Gasteiger partial charge in [-0.1, -0.05) is 60.2 Å². The van der Waals surface area contributed by atoms with Gasteiger partial charge in [0.2, 0.25) is 0 Å². The minimum atomic E-state index is 0.0175. The van der Waals surface area contributed by atoms with Crippen molar-refractivity contribution in [2.24, 2.45) is 0 Å². The van der Waals surface area contributed by atoms with Crippen LogP contribution in [0.1, 0.15) is 39.6 Å². The molecule has 1 aliphatic carbocycles. The standard InChI is InChI=1S/C27H30N4O/c1-20-9-12-24-23(18-20)11-10-22-8-5-13-28-25(22)26(24)30-14-16-31(17-15-30)27(32)29-19-21-6-3-2-4-7-21/h2-9,12-13,18,26H,10-11,14-17,19H2,1H3,(H,29,32). The van der Waals surface area contributed by atoms with E-state index in [1.807, 2.05) is 47.5 Å². The van der Waals surface area contributed by atoms with E-state index >= 15 is 0 Å². The molecule has 2 amide bonds. The number of hydrogen-bond acceptors (Lipinski definition) is 3. The van der Waals surface area contributed by atoms with E-state index in [2.05, 4.69) is 41.4 Å². The molecule has 1 aromatic heterocycles. The molecule has 0 saturated carbocycles. The molecular weight excluding hydrogens is 396 g/mol. The molecule has 1 saturated heterocycles. The van der Waals surface area contributed by atoms with Crippen molar-refractivity contribution in [2.75, 3.05) is 26.2 Å². The van der Waals surface area contributed by atoms with Crippen molar-refractivity contribution in [2.45, 2.75) is 32.4 Å². The highest BCUT2D eigenvalue weighted by molar-refractivity contribution is 5.74. The molecule has 5 heteroatoms. The Hall–Kier alpha value is -3.18. The summed E-state index contributed by atoms with van der Waals surface area (Å²) in [7, 11) is 0. The second kappa shape index (κ2) is 9.13. The Morgan fingerprint density at radius 3 is 2.56 bits per heavy atom. The largest absolute Gasteiger partial charge is 0.334 e. The van der Waals surface area contributed by atoms with Gasteiger partial charge >= 0.3 is 6.03 Å². The molecule has 5 nitrogen and oxygen atoms in total. The first kappa shape index (κ1) is 20.7. The molecule has 1 atom stereocenters. The summed E-state index contributed by atoms with van der Waals surface area (Å²) in [6.07, 6.45) is 3.99. The van der Waals surface area contributed by atoms with Crippen LogP contribution in [-0.4, -0.2) is 47.0 Å². The van der Waals surface area contributed by atoms with Crippen molar-refractivity contribution in [3.05, 3.63) is 100 Å². The highest BCUT2D eigenvalue weighted by Gasteiger charge is 2.32. The minimum Gasteiger partial charge on any atom is -0.334 e. The van der Waals surface area contributed by atoms with Crippen molar-refractivity contribution in [1.82, 2.24) is 20.1 Å². The van der Waals surface area contributed by atoms with Crippen molar-refractivity contribution < 1.29 is 4.79 Å². The van der Waals surface area contributed by atoms with Gasteiger partial charge in [0, 0.05) is 38.9 Å². The average Bonchev–Trinajstić information content (AvgIpc) is 3.00. The number of fused-ring (bicyclic) bond motifs is 2. The fourth-order valence-electron chi connectivity index (χ4n) is 4.98. The van der Waals surface area contributed by atoms with Gasteiger partial charge in [-0.05, 0) is 48.1 Å². The number of benzene rings is 2. The molecule has 0 spiro atoms. The molecule has 1 N–H and O–H groups in total. The maximum atomic E-state index is 12.7. The third-order valence-corrected chi connectivity index (χ3v) is 6.70. The van der Waals surface area contributed by atoms with E-state index in [1.54, 1.807) is 0 Å². The van der Waals surface area contributed by atoms with Crippen LogP contribution >= 0.6 is 0 Å². The van der Waals surface area contributed by atoms with Crippen molar-refractivity contribution in [3.8, 4) is 0 Å². The summed E-state index contributed by atoms with van der Waals surface area (Å²) in [6, 6.07) is 21.3. The number of pyridine rings is 1. The van der Waals surface area contributed by atoms with Crippen LogP contribution in [0.5, 0.6) is 0 Å². The van der Waals surface area contributed by atoms with Gasteiger partial charge in [-0.2, -0.15) is 0 Å². The Kier molecular flexibility index (Phi) is 5.91. The van der Waals surface area contributed by atoms with Crippen molar-refractivity contribution in [1.29, 1.82) is 0 Å². The predicted molar refractivity (Wildman–Crippen MR) is 126 cm³/mol. The number of nitrogens with one attached hydrogen (secondary N) is 1. The van der Waals surface area contributed by atoms with Gasteiger partial charge in [-0.25, -0.2) is 4.79 Å².